The van der Waals surface area contributed by atoms with E-state index in [0.717, 1.165) is 67.1 Å². The Kier molecular flexibility index (Phi) is 6.47. The topological polar surface area (TPSA) is 38.7 Å². The fourth-order valence-corrected chi connectivity index (χ4v) is 8.89. The van der Waals surface area contributed by atoms with Gasteiger partial charge in [0.1, 0.15) is 0 Å². The number of nitrogens with zero attached hydrogens (tertiary/aromatic N) is 3. The molecule has 1 spiro atoms. The van der Waals surface area contributed by atoms with E-state index in [9.17, 15) is 0 Å². The summed E-state index contributed by atoms with van der Waals surface area (Å²) in [4.78, 5) is 16.0. The van der Waals surface area contributed by atoms with Crippen molar-refractivity contribution in [3.63, 3.8) is 0 Å². The summed E-state index contributed by atoms with van der Waals surface area (Å²) in [6.07, 6.45) is 2.05. The zero-order valence-electron chi connectivity index (χ0n) is 28.7. The second kappa shape index (κ2) is 11.5. The van der Waals surface area contributed by atoms with E-state index in [1.807, 2.05) is 6.07 Å². The van der Waals surface area contributed by atoms with E-state index in [-0.39, 0.29) is 0 Å². The predicted octanol–water partition coefficient (Wildman–Crippen LogP) is 12.0. The van der Waals surface area contributed by atoms with Crippen molar-refractivity contribution in [2.24, 2.45) is 0 Å². The van der Waals surface area contributed by atoms with E-state index in [2.05, 4.69) is 182 Å². The monoisotopic (exact) mass is 673 g/mol. The minimum Gasteiger partial charge on any atom is -0.248 e. The number of fused-ring (bicyclic) bond motifs is 11. The van der Waals surface area contributed by atoms with Crippen molar-refractivity contribution in [1.82, 2.24) is 15.0 Å². The Balaban J connectivity index is 1.12. The Labute approximate surface area is 308 Å². The summed E-state index contributed by atoms with van der Waals surface area (Å²) in [6.45, 7) is 0. The summed E-state index contributed by atoms with van der Waals surface area (Å²) < 4.78 is 0. The van der Waals surface area contributed by atoms with Crippen LogP contribution in [0.1, 0.15) is 22.4 Å². The summed E-state index contributed by atoms with van der Waals surface area (Å²) in [5.41, 5.74) is 16.5. The molecule has 0 radical (unpaired) electrons. The summed E-state index contributed by atoms with van der Waals surface area (Å²) >= 11 is 0. The Morgan fingerprint density at radius 1 is 0.340 bits per heavy atom. The van der Waals surface area contributed by atoms with Gasteiger partial charge in [-0.15, -0.1) is 0 Å². The van der Waals surface area contributed by atoms with Crippen molar-refractivity contribution in [2.45, 2.75) is 5.41 Å². The van der Waals surface area contributed by atoms with Gasteiger partial charge >= 0.3 is 0 Å². The first-order valence-electron chi connectivity index (χ1n) is 18.1. The molecule has 0 fully saturated rings. The highest BCUT2D eigenvalue weighted by atomic mass is 14.9. The van der Waals surface area contributed by atoms with Crippen molar-refractivity contribution in [2.75, 3.05) is 0 Å². The first kappa shape index (κ1) is 29.7. The second-order valence-corrected chi connectivity index (χ2v) is 13.9. The van der Waals surface area contributed by atoms with Crippen molar-refractivity contribution in [1.29, 1.82) is 0 Å². The van der Waals surface area contributed by atoms with Gasteiger partial charge in [0.2, 0.25) is 0 Å². The highest BCUT2D eigenvalue weighted by Crippen LogP contribution is 2.62. The lowest BCUT2D eigenvalue weighted by Gasteiger charge is -2.29. The predicted molar refractivity (Wildman–Crippen MR) is 215 cm³/mol. The fraction of sp³-hybridized carbons (Fsp3) is 0.0200. The lowest BCUT2D eigenvalue weighted by Crippen LogP contribution is -2.27. The zero-order chi connectivity index (χ0) is 34.9. The third-order valence-electron chi connectivity index (χ3n) is 11.2. The molecule has 3 nitrogen and oxygen atoms in total. The van der Waals surface area contributed by atoms with Crippen LogP contribution in [-0.2, 0) is 5.41 Å². The molecule has 0 atom stereocenters. The molecule has 0 saturated heterocycles. The van der Waals surface area contributed by atoms with Gasteiger partial charge in [-0.2, -0.15) is 0 Å². The van der Waals surface area contributed by atoms with Gasteiger partial charge < -0.3 is 0 Å². The summed E-state index contributed by atoms with van der Waals surface area (Å²) in [5.74, 6) is 0.719. The van der Waals surface area contributed by atoms with E-state index in [1.54, 1.807) is 0 Å². The normalized spacial score (nSPS) is 13.1. The molecule has 0 amide bonds. The van der Waals surface area contributed by atoms with Gasteiger partial charge in [-0.05, 0) is 73.5 Å². The molecular weight excluding hydrogens is 643 g/mol. The number of pyridine rings is 1. The minimum atomic E-state index is -0.526. The van der Waals surface area contributed by atoms with Gasteiger partial charge in [0.25, 0.3) is 0 Å². The average molecular weight is 674 g/mol. The Bertz CT molecular complexity index is 2770. The van der Waals surface area contributed by atoms with Crippen LogP contribution in [0, 0.1) is 0 Å². The Morgan fingerprint density at radius 3 is 1.47 bits per heavy atom. The first-order valence-corrected chi connectivity index (χ1v) is 18.1. The number of aromatic nitrogens is 3. The van der Waals surface area contributed by atoms with Crippen LogP contribution < -0.4 is 0 Å². The SMILES string of the molecule is c1ccc(-c2cc(-c3ccccc3)nc(-c3ccc(-c4ncc5c(n4)C4(c6ccccc6-c6ccccc64)c4ccccc4-5)c4ccccc34)c2)cc1. The van der Waals surface area contributed by atoms with E-state index in [4.69, 9.17) is 15.0 Å². The van der Waals surface area contributed by atoms with Gasteiger partial charge in [0.15, 0.2) is 5.82 Å². The summed E-state index contributed by atoms with van der Waals surface area (Å²) in [6, 6.07) is 64.8. The molecule has 0 saturated carbocycles. The quantitative estimate of drug-likeness (QED) is 0.187. The first-order chi connectivity index (χ1) is 26.3. The number of rotatable bonds is 4. The molecule has 3 heteroatoms. The van der Waals surface area contributed by atoms with Gasteiger partial charge in [-0.1, -0.05) is 164 Å². The Morgan fingerprint density at radius 2 is 0.830 bits per heavy atom. The Hall–Kier alpha value is -6.97. The van der Waals surface area contributed by atoms with E-state index >= 15 is 0 Å². The molecule has 2 heterocycles. The lowest BCUT2D eigenvalue weighted by molar-refractivity contribution is 0.758. The lowest BCUT2D eigenvalue weighted by atomic mass is 9.72. The van der Waals surface area contributed by atoms with Crippen LogP contribution in [0.3, 0.4) is 0 Å². The van der Waals surface area contributed by atoms with E-state index in [0.29, 0.717) is 0 Å². The molecule has 2 aliphatic rings. The van der Waals surface area contributed by atoms with Crippen molar-refractivity contribution in [3.05, 3.63) is 211 Å². The van der Waals surface area contributed by atoms with E-state index in [1.165, 1.54) is 33.4 Å². The summed E-state index contributed by atoms with van der Waals surface area (Å²) in [7, 11) is 0. The molecular formula is C50H31N3. The fourth-order valence-electron chi connectivity index (χ4n) is 8.89. The maximum Gasteiger partial charge on any atom is 0.160 e. The third-order valence-corrected chi connectivity index (χ3v) is 11.2. The number of hydrogen-bond donors (Lipinski definition) is 0. The highest BCUT2D eigenvalue weighted by Gasteiger charge is 2.53. The molecule has 9 aromatic rings. The maximum atomic E-state index is 5.60. The molecule has 2 aromatic heterocycles. The van der Waals surface area contributed by atoms with E-state index < -0.39 is 5.41 Å². The molecule has 2 aliphatic carbocycles. The molecule has 246 valence electrons. The maximum absolute atomic E-state index is 5.60. The molecule has 7 aromatic carbocycles. The average Bonchev–Trinajstić information content (AvgIpc) is 3.71. The van der Waals surface area contributed by atoms with Crippen LogP contribution in [0.5, 0.6) is 0 Å². The van der Waals surface area contributed by atoms with Crippen LogP contribution in [0.4, 0.5) is 0 Å². The second-order valence-electron chi connectivity index (χ2n) is 13.9. The largest absolute Gasteiger partial charge is 0.248 e. The number of hydrogen-bond acceptors (Lipinski definition) is 3. The molecule has 53 heavy (non-hydrogen) atoms. The molecule has 0 N–H and O–H groups in total. The van der Waals surface area contributed by atoms with Gasteiger partial charge in [-0.3, -0.25) is 0 Å². The molecule has 0 aliphatic heterocycles. The third kappa shape index (κ3) is 4.31. The van der Waals surface area contributed by atoms with Crippen LogP contribution >= 0.6 is 0 Å². The molecule has 0 bridgehead atoms. The van der Waals surface area contributed by atoms with Crippen molar-refractivity contribution >= 4 is 10.8 Å². The molecule has 0 unspecified atom stereocenters. The minimum absolute atomic E-state index is 0.526. The van der Waals surface area contributed by atoms with Gasteiger partial charge in [-0.25, -0.2) is 15.0 Å². The van der Waals surface area contributed by atoms with Crippen molar-refractivity contribution in [3.8, 4) is 67.3 Å². The standard InChI is InChI=1S/C50H31N3/c1-3-15-32(16-4-1)34-29-46(33-17-5-2-6-18-33)52-47(30-34)40-27-28-41(36-20-8-7-19-35(36)40)49-51-31-42-39-23-11-14-26-45(39)50(48(42)53-49)43-24-12-9-21-37(43)38-22-10-13-25-44(38)50/h1-31H. The highest BCUT2D eigenvalue weighted by molar-refractivity contribution is 6.04. The van der Waals surface area contributed by atoms with Crippen LogP contribution in [-0.4, -0.2) is 15.0 Å². The van der Waals surface area contributed by atoms with Gasteiger partial charge in [0.05, 0.1) is 22.5 Å². The van der Waals surface area contributed by atoms with Gasteiger partial charge in [0, 0.05) is 28.5 Å². The van der Waals surface area contributed by atoms with Crippen LogP contribution in [0.15, 0.2) is 188 Å². The zero-order valence-corrected chi connectivity index (χ0v) is 28.7. The smallest absolute Gasteiger partial charge is 0.160 e. The number of benzene rings is 7. The molecule has 11 rings (SSSR count). The van der Waals surface area contributed by atoms with Crippen molar-refractivity contribution < 1.29 is 0 Å². The summed E-state index contributed by atoms with van der Waals surface area (Å²) in [5, 5.41) is 2.20. The van der Waals surface area contributed by atoms with Crippen LogP contribution in [0.2, 0.25) is 0 Å². The van der Waals surface area contributed by atoms with Crippen LogP contribution in [0.25, 0.3) is 78.1 Å².